The summed E-state index contributed by atoms with van der Waals surface area (Å²) < 4.78 is 4.99. The zero-order valence-corrected chi connectivity index (χ0v) is 16.1. The Kier molecular flexibility index (Phi) is 4.76. The summed E-state index contributed by atoms with van der Waals surface area (Å²) in [6, 6.07) is 8.83. The van der Waals surface area contributed by atoms with Crippen LogP contribution in [0.1, 0.15) is 28.5 Å². The van der Waals surface area contributed by atoms with Gasteiger partial charge >= 0.3 is 5.97 Å². The van der Waals surface area contributed by atoms with Crippen LogP contribution in [0.5, 0.6) is 0 Å². The summed E-state index contributed by atoms with van der Waals surface area (Å²) in [6.07, 6.45) is 0.445. The number of anilines is 1. The minimum Gasteiger partial charge on any atom is -0.469 e. The lowest BCUT2D eigenvalue weighted by molar-refractivity contribution is -0.147. The Morgan fingerprint density at radius 2 is 2.04 bits per heavy atom. The van der Waals surface area contributed by atoms with Gasteiger partial charge in [-0.3, -0.25) is 14.4 Å². The number of thiazole rings is 1. The molecular weight excluding hydrogens is 380 g/mol. The maximum atomic E-state index is 13.0. The van der Waals surface area contributed by atoms with Crippen molar-refractivity contribution in [1.29, 1.82) is 0 Å². The molecule has 28 heavy (non-hydrogen) atoms. The Labute approximate surface area is 165 Å². The van der Waals surface area contributed by atoms with E-state index in [1.165, 1.54) is 23.3 Å². The topological polar surface area (TPSA) is 106 Å². The number of fused-ring (bicyclic) bond motifs is 1. The summed E-state index contributed by atoms with van der Waals surface area (Å²) in [7, 11) is 1.35. The van der Waals surface area contributed by atoms with Gasteiger partial charge in [-0.15, -0.1) is 11.3 Å². The number of amides is 2. The summed E-state index contributed by atoms with van der Waals surface area (Å²) in [4.78, 5) is 45.4. The number of carbonyl (C=O) groups is 3. The Hall–Kier alpha value is -2.94. The van der Waals surface area contributed by atoms with Crippen molar-refractivity contribution in [3.05, 3.63) is 47.0 Å². The fraction of sp³-hybridized carbons (Fsp3) is 0.368. The molecule has 9 heteroatoms. The number of methoxy groups -OCH3 is 1. The molecule has 2 saturated heterocycles. The van der Waals surface area contributed by atoms with Gasteiger partial charge in [0.05, 0.1) is 25.1 Å². The van der Waals surface area contributed by atoms with E-state index in [1.54, 1.807) is 10.3 Å². The summed E-state index contributed by atoms with van der Waals surface area (Å²) in [5.41, 5.74) is 6.75. The van der Waals surface area contributed by atoms with E-state index in [0.717, 1.165) is 5.56 Å². The normalized spacial score (nSPS) is 24.2. The number of rotatable bonds is 3. The molecule has 0 unspecified atom stereocenters. The highest BCUT2D eigenvalue weighted by atomic mass is 32.1. The molecule has 1 aromatic heterocycles. The molecule has 2 aliphatic heterocycles. The SMILES string of the molecule is COC(=O)[C@H]1C[C@H]2CN(C(=O)c3csc(N)n3)CC(=O)N2[C@H]1c1ccccc1. The van der Waals surface area contributed by atoms with Gasteiger partial charge in [0.2, 0.25) is 5.91 Å². The highest BCUT2D eigenvalue weighted by Crippen LogP contribution is 2.43. The first-order chi connectivity index (χ1) is 13.5. The van der Waals surface area contributed by atoms with Gasteiger partial charge in [0.1, 0.15) is 12.2 Å². The summed E-state index contributed by atoms with van der Waals surface area (Å²) >= 11 is 1.18. The second-order valence-corrected chi connectivity index (χ2v) is 7.82. The number of aromatic nitrogens is 1. The van der Waals surface area contributed by atoms with Crippen LogP contribution < -0.4 is 5.73 Å². The van der Waals surface area contributed by atoms with Crippen molar-refractivity contribution in [1.82, 2.24) is 14.8 Å². The maximum Gasteiger partial charge on any atom is 0.311 e. The lowest BCUT2D eigenvalue weighted by Crippen LogP contribution is -2.55. The highest BCUT2D eigenvalue weighted by molar-refractivity contribution is 7.13. The van der Waals surface area contributed by atoms with Crippen LogP contribution in [-0.2, 0) is 14.3 Å². The van der Waals surface area contributed by atoms with E-state index in [1.807, 2.05) is 30.3 Å². The average molecular weight is 400 g/mol. The molecule has 2 aliphatic rings. The van der Waals surface area contributed by atoms with Crippen molar-refractivity contribution in [3.63, 3.8) is 0 Å². The van der Waals surface area contributed by atoms with Gasteiger partial charge in [-0.05, 0) is 12.0 Å². The van der Waals surface area contributed by atoms with Crippen molar-refractivity contribution < 1.29 is 19.1 Å². The fourth-order valence-corrected chi connectivity index (χ4v) is 4.70. The number of esters is 1. The minimum absolute atomic E-state index is 0.0516. The van der Waals surface area contributed by atoms with Crippen LogP contribution in [0.4, 0.5) is 5.13 Å². The van der Waals surface area contributed by atoms with Crippen LogP contribution in [-0.4, -0.2) is 58.8 Å². The van der Waals surface area contributed by atoms with E-state index in [0.29, 0.717) is 18.1 Å². The maximum absolute atomic E-state index is 13.0. The Bertz CT molecular complexity index is 916. The van der Waals surface area contributed by atoms with Crippen LogP contribution >= 0.6 is 11.3 Å². The fourth-order valence-electron chi connectivity index (χ4n) is 4.16. The number of hydrogen-bond acceptors (Lipinski definition) is 7. The number of nitrogens with two attached hydrogens (primary N) is 1. The lowest BCUT2D eigenvalue weighted by atomic mass is 9.93. The minimum atomic E-state index is -0.466. The summed E-state index contributed by atoms with van der Waals surface area (Å²) in [5, 5.41) is 1.90. The van der Waals surface area contributed by atoms with Gasteiger partial charge in [0.15, 0.2) is 5.13 Å². The predicted octanol–water partition coefficient (Wildman–Crippen LogP) is 1.31. The van der Waals surface area contributed by atoms with Crippen molar-refractivity contribution in [2.45, 2.75) is 18.5 Å². The first-order valence-corrected chi connectivity index (χ1v) is 9.81. The molecule has 2 aromatic rings. The molecule has 146 valence electrons. The third-order valence-corrected chi connectivity index (χ3v) is 5.99. The zero-order chi connectivity index (χ0) is 19.8. The molecule has 2 N–H and O–H groups in total. The number of nitrogens with zero attached hydrogens (tertiary/aromatic N) is 3. The average Bonchev–Trinajstić information content (AvgIpc) is 3.31. The smallest absolute Gasteiger partial charge is 0.311 e. The van der Waals surface area contributed by atoms with Crippen molar-refractivity contribution in [2.24, 2.45) is 5.92 Å². The molecule has 3 atom stereocenters. The molecule has 0 aliphatic carbocycles. The summed E-state index contributed by atoms with van der Waals surface area (Å²) in [6.45, 7) is 0.294. The molecule has 0 radical (unpaired) electrons. The standard InChI is InChI=1S/C19H20N4O4S/c1-27-18(26)13-7-12-8-22(17(25)14-10-28-19(20)21-14)9-15(24)23(12)16(13)11-5-3-2-4-6-11/h2-6,10,12-13,16H,7-9H2,1H3,(H2,20,21)/t12-,13-,16-/m0/s1. The number of nitrogen functional groups attached to an aromatic ring is 1. The van der Waals surface area contributed by atoms with Gasteiger partial charge in [-0.1, -0.05) is 30.3 Å². The van der Waals surface area contributed by atoms with Gasteiger partial charge < -0.3 is 20.3 Å². The third-order valence-electron chi connectivity index (χ3n) is 5.32. The Morgan fingerprint density at radius 3 is 2.68 bits per heavy atom. The first-order valence-electron chi connectivity index (χ1n) is 8.93. The zero-order valence-electron chi connectivity index (χ0n) is 15.3. The molecule has 1 aromatic carbocycles. The van der Waals surface area contributed by atoms with Crippen LogP contribution in [0, 0.1) is 5.92 Å². The quantitative estimate of drug-likeness (QED) is 0.779. The lowest BCUT2D eigenvalue weighted by Gasteiger charge is -2.39. The highest BCUT2D eigenvalue weighted by Gasteiger charge is 2.51. The first kappa shape index (κ1) is 18.4. The molecule has 2 amide bonds. The number of ether oxygens (including phenoxy) is 1. The Morgan fingerprint density at radius 1 is 1.29 bits per heavy atom. The molecule has 4 rings (SSSR count). The van der Waals surface area contributed by atoms with E-state index < -0.39 is 12.0 Å². The molecule has 8 nitrogen and oxygen atoms in total. The van der Waals surface area contributed by atoms with Gasteiger partial charge in [0, 0.05) is 11.9 Å². The van der Waals surface area contributed by atoms with Crippen molar-refractivity contribution in [2.75, 3.05) is 25.9 Å². The van der Waals surface area contributed by atoms with Crippen LogP contribution in [0.25, 0.3) is 0 Å². The van der Waals surface area contributed by atoms with Crippen LogP contribution in [0.15, 0.2) is 35.7 Å². The molecular formula is C19H20N4O4S. The van der Waals surface area contributed by atoms with E-state index in [2.05, 4.69) is 4.98 Å². The Balaban J connectivity index is 1.62. The van der Waals surface area contributed by atoms with Crippen molar-refractivity contribution in [3.8, 4) is 0 Å². The van der Waals surface area contributed by atoms with Gasteiger partial charge in [0.25, 0.3) is 5.91 Å². The third kappa shape index (κ3) is 3.11. The van der Waals surface area contributed by atoms with E-state index >= 15 is 0 Å². The molecule has 0 bridgehead atoms. The number of carbonyl (C=O) groups excluding carboxylic acids is 3. The van der Waals surface area contributed by atoms with E-state index in [-0.39, 0.29) is 36.1 Å². The predicted molar refractivity (Wildman–Crippen MR) is 102 cm³/mol. The second kappa shape index (κ2) is 7.23. The number of benzene rings is 1. The molecule has 2 fully saturated rings. The second-order valence-electron chi connectivity index (χ2n) is 6.93. The largest absolute Gasteiger partial charge is 0.469 e. The van der Waals surface area contributed by atoms with Crippen LogP contribution in [0.2, 0.25) is 0 Å². The van der Waals surface area contributed by atoms with E-state index in [9.17, 15) is 14.4 Å². The summed E-state index contributed by atoms with van der Waals surface area (Å²) in [5.74, 6) is -1.32. The molecule has 0 saturated carbocycles. The monoisotopic (exact) mass is 400 g/mol. The van der Waals surface area contributed by atoms with Gasteiger partial charge in [-0.25, -0.2) is 4.98 Å². The van der Waals surface area contributed by atoms with Gasteiger partial charge in [-0.2, -0.15) is 0 Å². The van der Waals surface area contributed by atoms with Crippen molar-refractivity contribution >= 4 is 34.3 Å². The number of hydrogen-bond donors (Lipinski definition) is 1. The number of piperazine rings is 1. The molecule has 3 heterocycles. The molecule has 0 spiro atoms. The van der Waals surface area contributed by atoms with E-state index in [4.69, 9.17) is 10.5 Å². The van der Waals surface area contributed by atoms with Crippen LogP contribution in [0.3, 0.4) is 0 Å².